The molecule has 0 spiro atoms. The van der Waals surface area contributed by atoms with Crippen molar-refractivity contribution in [3.05, 3.63) is 59.7 Å². The van der Waals surface area contributed by atoms with Gasteiger partial charge >= 0.3 is 0 Å². The number of ether oxygens (including phenoxy) is 2. The summed E-state index contributed by atoms with van der Waals surface area (Å²) in [5.74, 6) is 0.0783. The van der Waals surface area contributed by atoms with Crippen molar-refractivity contribution in [1.82, 2.24) is 10.6 Å². The van der Waals surface area contributed by atoms with Gasteiger partial charge in [0, 0.05) is 30.5 Å². The van der Waals surface area contributed by atoms with Gasteiger partial charge < -0.3 is 20.1 Å². The summed E-state index contributed by atoms with van der Waals surface area (Å²) < 4.78 is 10.6. The molecule has 2 aromatic carbocycles. The first kappa shape index (κ1) is 23.3. The Balaban J connectivity index is 1.92. The van der Waals surface area contributed by atoms with Crippen molar-refractivity contribution in [2.45, 2.75) is 19.8 Å². The average molecular weight is 430 g/mol. The first-order chi connectivity index (χ1) is 14.5. The number of unbranched alkanes of at least 4 members (excludes halogenated alkanes) is 1. The van der Waals surface area contributed by atoms with Gasteiger partial charge in [0.25, 0.3) is 11.8 Å². The van der Waals surface area contributed by atoms with E-state index in [0.29, 0.717) is 42.3 Å². The fourth-order valence-electron chi connectivity index (χ4n) is 2.51. The quantitative estimate of drug-likeness (QED) is 0.396. The van der Waals surface area contributed by atoms with Crippen molar-refractivity contribution in [2.75, 3.05) is 32.2 Å². The Kier molecular flexibility index (Phi) is 9.76. The third-order valence-electron chi connectivity index (χ3n) is 4.06. The third kappa shape index (κ3) is 7.81. The van der Waals surface area contributed by atoms with Gasteiger partial charge in [0.2, 0.25) is 0 Å². The molecule has 0 aromatic heterocycles. The Labute approximate surface area is 182 Å². The highest BCUT2D eigenvalue weighted by atomic mass is 32.1. The van der Waals surface area contributed by atoms with Crippen LogP contribution in [0.15, 0.2) is 48.5 Å². The van der Waals surface area contributed by atoms with E-state index in [1.54, 1.807) is 49.6 Å². The van der Waals surface area contributed by atoms with Gasteiger partial charge in [-0.15, -0.1) is 0 Å². The zero-order valence-electron chi connectivity index (χ0n) is 17.2. The molecule has 0 aliphatic rings. The minimum Gasteiger partial charge on any atom is -0.494 e. The third-order valence-corrected chi connectivity index (χ3v) is 4.27. The van der Waals surface area contributed by atoms with Crippen LogP contribution in [0, 0.1) is 0 Å². The van der Waals surface area contributed by atoms with E-state index in [9.17, 15) is 9.59 Å². The van der Waals surface area contributed by atoms with Gasteiger partial charge in [-0.2, -0.15) is 0 Å². The highest BCUT2D eigenvalue weighted by Crippen LogP contribution is 2.14. The highest BCUT2D eigenvalue weighted by molar-refractivity contribution is 7.80. The Hall–Kier alpha value is -2.97. The molecule has 3 N–H and O–H groups in total. The lowest BCUT2D eigenvalue weighted by Crippen LogP contribution is -2.34. The number of methoxy groups -OCH3 is 1. The SMILES string of the molecule is CCCCOc1cccc(C(=O)NC(=S)Nc2cccc(C(=O)NCCOC)c2)c1. The second kappa shape index (κ2) is 12.6. The van der Waals surface area contributed by atoms with Crippen LogP contribution in [0.5, 0.6) is 5.75 Å². The Morgan fingerprint density at radius 3 is 2.47 bits per heavy atom. The summed E-state index contributed by atoms with van der Waals surface area (Å²) >= 11 is 5.23. The molecule has 30 heavy (non-hydrogen) atoms. The zero-order valence-corrected chi connectivity index (χ0v) is 18.0. The Morgan fingerprint density at radius 1 is 1.00 bits per heavy atom. The molecule has 0 heterocycles. The molecular formula is C22H27N3O4S. The van der Waals surface area contributed by atoms with Gasteiger partial charge in [-0.05, 0) is 55.0 Å². The average Bonchev–Trinajstić information content (AvgIpc) is 2.74. The summed E-state index contributed by atoms with van der Waals surface area (Å²) in [6, 6.07) is 13.8. The molecule has 0 aliphatic carbocycles. The summed E-state index contributed by atoms with van der Waals surface area (Å²) in [6.07, 6.45) is 1.99. The summed E-state index contributed by atoms with van der Waals surface area (Å²) in [5, 5.41) is 8.45. The molecule has 2 amide bonds. The molecule has 0 atom stereocenters. The summed E-state index contributed by atoms with van der Waals surface area (Å²) in [4.78, 5) is 24.6. The van der Waals surface area contributed by atoms with E-state index in [0.717, 1.165) is 12.8 Å². The number of carbonyl (C=O) groups is 2. The van der Waals surface area contributed by atoms with Crippen LogP contribution in [-0.4, -0.2) is 43.8 Å². The lowest BCUT2D eigenvalue weighted by molar-refractivity contribution is 0.0935. The van der Waals surface area contributed by atoms with Crippen molar-refractivity contribution in [3.63, 3.8) is 0 Å². The van der Waals surface area contributed by atoms with E-state index in [2.05, 4.69) is 22.9 Å². The van der Waals surface area contributed by atoms with Crippen LogP contribution in [0.25, 0.3) is 0 Å². The van der Waals surface area contributed by atoms with Crippen LogP contribution in [0.3, 0.4) is 0 Å². The van der Waals surface area contributed by atoms with E-state index in [1.165, 1.54) is 0 Å². The predicted octanol–water partition coefficient (Wildman–Crippen LogP) is 3.37. The zero-order chi connectivity index (χ0) is 21.8. The molecule has 0 unspecified atom stereocenters. The smallest absolute Gasteiger partial charge is 0.257 e. The molecular weight excluding hydrogens is 402 g/mol. The van der Waals surface area contributed by atoms with Crippen LogP contribution >= 0.6 is 12.2 Å². The molecule has 0 aliphatic heterocycles. The van der Waals surface area contributed by atoms with Gasteiger partial charge in [0.15, 0.2) is 5.11 Å². The lowest BCUT2D eigenvalue weighted by Gasteiger charge is -2.12. The van der Waals surface area contributed by atoms with Crippen LogP contribution in [0.4, 0.5) is 5.69 Å². The minimum atomic E-state index is -0.345. The number of benzene rings is 2. The first-order valence-corrected chi connectivity index (χ1v) is 10.2. The molecule has 2 rings (SSSR count). The first-order valence-electron chi connectivity index (χ1n) is 9.76. The molecule has 0 fully saturated rings. The van der Waals surface area contributed by atoms with Crippen molar-refractivity contribution < 1.29 is 19.1 Å². The van der Waals surface area contributed by atoms with Crippen LogP contribution in [0.2, 0.25) is 0 Å². The van der Waals surface area contributed by atoms with Gasteiger partial charge in [-0.1, -0.05) is 25.5 Å². The monoisotopic (exact) mass is 429 g/mol. The van der Waals surface area contributed by atoms with Crippen molar-refractivity contribution in [1.29, 1.82) is 0 Å². The molecule has 7 nitrogen and oxygen atoms in total. The van der Waals surface area contributed by atoms with E-state index in [4.69, 9.17) is 21.7 Å². The maximum atomic E-state index is 12.5. The number of anilines is 1. The normalized spacial score (nSPS) is 10.2. The predicted molar refractivity (Wildman–Crippen MR) is 121 cm³/mol. The maximum Gasteiger partial charge on any atom is 0.257 e. The molecule has 160 valence electrons. The largest absolute Gasteiger partial charge is 0.494 e. The van der Waals surface area contributed by atoms with E-state index >= 15 is 0 Å². The van der Waals surface area contributed by atoms with Crippen LogP contribution < -0.4 is 20.7 Å². The number of nitrogens with one attached hydrogen (secondary N) is 3. The molecule has 0 saturated carbocycles. The van der Waals surface area contributed by atoms with Gasteiger partial charge in [0.1, 0.15) is 5.75 Å². The summed E-state index contributed by atoms with van der Waals surface area (Å²) in [5.41, 5.74) is 1.51. The number of amides is 2. The topological polar surface area (TPSA) is 88.7 Å². The summed E-state index contributed by atoms with van der Waals surface area (Å²) in [6.45, 7) is 3.55. The number of hydrogen-bond donors (Lipinski definition) is 3. The van der Waals surface area contributed by atoms with Gasteiger partial charge in [-0.3, -0.25) is 14.9 Å². The number of carbonyl (C=O) groups excluding carboxylic acids is 2. The molecule has 0 bridgehead atoms. The second-order valence-electron chi connectivity index (χ2n) is 6.47. The molecule has 0 saturated heterocycles. The standard InChI is InChI=1S/C22H27N3O4S/c1-3-4-12-29-19-10-6-8-17(15-19)21(27)25-22(30)24-18-9-5-7-16(14-18)20(26)23-11-13-28-2/h5-10,14-15H,3-4,11-13H2,1-2H3,(H,23,26)(H2,24,25,27,30). The van der Waals surface area contributed by atoms with E-state index in [1.807, 2.05) is 6.07 Å². The fraction of sp³-hybridized carbons (Fsp3) is 0.318. The second-order valence-corrected chi connectivity index (χ2v) is 6.88. The van der Waals surface area contributed by atoms with Crippen molar-refractivity contribution in [2.24, 2.45) is 0 Å². The Morgan fingerprint density at radius 2 is 1.73 bits per heavy atom. The van der Waals surface area contributed by atoms with Crippen LogP contribution in [-0.2, 0) is 4.74 Å². The van der Waals surface area contributed by atoms with E-state index < -0.39 is 0 Å². The minimum absolute atomic E-state index is 0.134. The lowest BCUT2D eigenvalue weighted by atomic mass is 10.2. The molecule has 8 heteroatoms. The molecule has 2 aromatic rings. The number of thiocarbonyl (C=S) groups is 1. The fourth-order valence-corrected chi connectivity index (χ4v) is 2.72. The van der Waals surface area contributed by atoms with Crippen molar-refractivity contribution >= 4 is 34.8 Å². The Bertz CT molecular complexity index is 873. The highest BCUT2D eigenvalue weighted by Gasteiger charge is 2.10. The summed E-state index contributed by atoms with van der Waals surface area (Å²) in [7, 11) is 1.57. The van der Waals surface area contributed by atoms with E-state index in [-0.39, 0.29) is 16.9 Å². The van der Waals surface area contributed by atoms with Crippen molar-refractivity contribution in [3.8, 4) is 5.75 Å². The number of rotatable bonds is 10. The van der Waals surface area contributed by atoms with Crippen LogP contribution in [0.1, 0.15) is 40.5 Å². The molecule has 0 radical (unpaired) electrons. The maximum absolute atomic E-state index is 12.5. The van der Waals surface area contributed by atoms with Gasteiger partial charge in [-0.25, -0.2) is 0 Å². The number of hydrogen-bond acceptors (Lipinski definition) is 5. The van der Waals surface area contributed by atoms with Gasteiger partial charge in [0.05, 0.1) is 13.2 Å².